The number of hydrazine groups is 1. The summed E-state index contributed by atoms with van der Waals surface area (Å²) in [5, 5.41) is 9.31. The Kier molecular flexibility index (Phi) is 10.2. The summed E-state index contributed by atoms with van der Waals surface area (Å²) >= 11 is 1.62. The molecule has 4 heterocycles. The third kappa shape index (κ3) is 6.76. The highest BCUT2D eigenvalue weighted by atomic mass is 32.1. The molecule has 4 aromatic rings. The third-order valence-electron chi connectivity index (χ3n) is 8.57. The maximum atomic E-state index is 13.2. The van der Waals surface area contributed by atoms with Gasteiger partial charge in [0.1, 0.15) is 0 Å². The highest BCUT2D eigenvalue weighted by Gasteiger charge is 2.28. The Bertz CT molecular complexity index is 1580. The van der Waals surface area contributed by atoms with E-state index in [1.807, 2.05) is 13.2 Å². The van der Waals surface area contributed by atoms with Crippen molar-refractivity contribution in [1.82, 2.24) is 30.3 Å². The van der Waals surface area contributed by atoms with Crippen LogP contribution in [0.25, 0.3) is 33.4 Å². The van der Waals surface area contributed by atoms with Crippen LogP contribution in [-0.2, 0) is 28.9 Å². The van der Waals surface area contributed by atoms with Crippen LogP contribution in [0.2, 0.25) is 0 Å². The zero-order chi connectivity index (χ0) is 31.4. The van der Waals surface area contributed by atoms with Crippen molar-refractivity contribution in [3.63, 3.8) is 0 Å². The van der Waals surface area contributed by atoms with Gasteiger partial charge in [0.15, 0.2) is 0 Å². The number of thiazole rings is 1. The number of nitrogens with one attached hydrogen (secondary N) is 2. The van der Waals surface area contributed by atoms with Crippen LogP contribution in [0.4, 0.5) is 0 Å². The van der Waals surface area contributed by atoms with Crippen LogP contribution in [-0.4, -0.2) is 65.3 Å². The average Bonchev–Trinajstić information content (AvgIpc) is 3.61. The van der Waals surface area contributed by atoms with E-state index in [1.54, 1.807) is 23.5 Å². The fraction of sp³-hybridized carbons (Fsp3) is 0.514. The van der Waals surface area contributed by atoms with Gasteiger partial charge in [-0.3, -0.25) is 14.8 Å². The van der Waals surface area contributed by atoms with Gasteiger partial charge in [0.25, 0.3) is 5.91 Å². The van der Waals surface area contributed by atoms with E-state index in [1.165, 1.54) is 27.7 Å². The fourth-order valence-electron chi connectivity index (χ4n) is 6.49. The number of carbonyl (C=O) groups excluding carboxylic acids is 1. The number of rotatable bonds is 12. The van der Waals surface area contributed by atoms with Gasteiger partial charge in [0, 0.05) is 66.8 Å². The number of carbonyl (C=O) groups is 1. The fourth-order valence-corrected chi connectivity index (χ4v) is 7.34. The molecule has 1 fully saturated rings. The first kappa shape index (κ1) is 32.3. The van der Waals surface area contributed by atoms with E-state index in [-0.39, 0.29) is 17.4 Å². The smallest absolute Gasteiger partial charge is 0.254 e. The summed E-state index contributed by atoms with van der Waals surface area (Å²) in [5.41, 5.74) is 11.3. The minimum absolute atomic E-state index is 0.0573. The van der Waals surface area contributed by atoms with E-state index in [0.29, 0.717) is 18.9 Å². The lowest BCUT2D eigenvalue weighted by Gasteiger charge is -2.30. The van der Waals surface area contributed by atoms with Crippen LogP contribution in [0, 0.1) is 5.41 Å². The molecule has 2 N–H and O–H groups in total. The van der Waals surface area contributed by atoms with E-state index in [0.717, 1.165) is 60.9 Å². The molecular weight excluding hydrogens is 568 g/mol. The van der Waals surface area contributed by atoms with Crippen molar-refractivity contribution in [2.24, 2.45) is 5.41 Å². The molecule has 1 amide bonds. The van der Waals surface area contributed by atoms with E-state index >= 15 is 0 Å². The van der Waals surface area contributed by atoms with Crippen LogP contribution in [0.15, 0.2) is 41.9 Å². The van der Waals surface area contributed by atoms with Crippen molar-refractivity contribution in [3.8, 4) is 22.5 Å². The average molecular weight is 617 g/mol. The van der Waals surface area contributed by atoms with Gasteiger partial charge in [0.05, 0.1) is 34.7 Å². The zero-order valence-corrected chi connectivity index (χ0v) is 28.2. The second-order valence-electron chi connectivity index (χ2n) is 12.9. The van der Waals surface area contributed by atoms with Crippen LogP contribution in [0.5, 0.6) is 0 Å². The summed E-state index contributed by atoms with van der Waals surface area (Å²) in [4.78, 5) is 23.0. The number of aryl methyl sites for hydroxylation is 1. The Morgan fingerprint density at radius 3 is 2.73 bits per heavy atom. The van der Waals surface area contributed by atoms with Gasteiger partial charge in [0.2, 0.25) is 0 Å². The number of amides is 1. The minimum Gasteiger partial charge on any atom is -0.384 e. The number of benzene rings is 1. The Labute approximate surface area is 266 Å². The molecule has 0 spiro atoms. The molecular formula is C35H48N6O2S. The van der Waals surface area contributed by atoms with Crippen LogP contribution >= 0.6 is 11.3 Å². The quantitative estimate of drug-likeness (QED) is 0.191. The van der Waals surface area contributed by atoms with Crippen LogP contribution in [0.1, 0.15) is 69.6 Å². The first-order valence-electron chi connectivity index (χ1n) is 15.9. The predicted molar refractivity (Wildman–Crippen MR) is 181 cm³/mol. The molecule has 0 bridgehead atoms. The first-order chi connectivity index (χ1) is 21.2. The second kappa shape index (κ2) is 13.9. The zero-order valence-electron chi connectivity index (χ0n) is 27.4. The lowest BCUT2D eigenvalue weighted by molar-refractivity contribution is -0.137. The Hall–Kier alpha value is -3.11. The van der Waals surface area contributed by atoms with Gasteiger partial charge in [-0.15, -0.1) is 11.3 Å². The van der Waals surface area contributed by atoms with Gasteiger partial charge in [-0.2, -0.15) is 0 Å². The van der Waals surface area contributed by atoms with Gasteiger partial charge in [-0.05, 0) is 74.4 Å². The number of aromatic nitrogens is 3. The summed E-state index contributed by atoms with van der Waals surface area (Å²) in [7, 11) is 3.63. The highest BCUT2D eigenvalue weighted by molar-refractivity contribution is 7.10. The van der Waals surface area contributed by atoms with Crippen molar-refractivity contribution in [2.75, 3.05) is 33.9 Å². The maximum absolute atomic E-state index is 13.2. The molecule has 1 unspecified atom stereocenters. The first-order valence-corrected chi connectivity index (χ1v) is 16.8. The highest BCUT2D eigenvalue weighted by Crippen LogP contribution is 2.41. The van der Waals surface area contributed by atoms with Crippen LogP contribution in [0.3, 0.4) is 0 Å². The monoisotopic (exact) mass is 616 g/mol. The number of nitrogens with zero attached hydrogens (tertiary/aromatic N) is 4. The lowest BCUT2D eigenvalue weighted by Crippen LogP contribution is -2.54. The Balaban J connectivity index is 1.56. The molecule has 236 valence electrons. The summed E-state index contributed by atoms with van der Waals surface area (Å²) in [6, 6.07) is 10.7. The minimum atomic E-state index is -0.313. The third-order valence-corrected chi connectivity index (χ3v) is 9.44. The molecule has 44 heavy (non-hydrogen) atoms. The summed E-state index contributed by atoms with van der Waals surface area (Å²) in [6.45, 7) is 14.3. The van der Waals surface area contributed by atoms with Crippen molar-refractivity contribution in [2.45, 2.75) is 78.8 Å². The molecule has 1 atom stereocenters. The maximum Gasteiger partial charge on any atom is 0.254 e. The number of hydrogen-bond donors (Lipinski definition) is 2. The predicted octanol–water partition coefficient (Wildman–Crippen LogP) is 6.44. The molecule has 1 aliphatic heterocycles. The number of hydrogen-bond acceptors (Lipinski definition) is 7. The number of pyridine rings is 1. The number of ether oxygens (including phenoxy) is 1. The van der Waals surface area contributed by atoms with E-state index in [4.69, 9.17) is 14.7 Å². The largest absolute Gasteiger partial charge is 0.384 e. The van der Waals surface area contributed by atoms with Crippen LogP contribution < -0.4 is 10.7 Å². The normalized spacial score (nSPS) is 15.0. The summed E-state index contributed by atoms with van der Waals surface area (Å²) in [6.07, 6.45) is 5.47. The van der Waals surface area contributed by atoms with E-state index in [2.05, 4.69) is 85.6 Å². The van der Waals surface area contributed by atoms with Gasteiger partial charge < -0.3 is 14.6 Å². The van der Waals surface area contributed by atoms with Gasteiger partial charge >= 0.3 is 0 Å². The molecule has 1 saturated heterocycles. The lowest BCUT2D eigenvalue weighted by atomic mass is 9.84. The van der Waals surface area contributed by atoms with Crippen molar-refractivity contribution in [1.29, 1.82) is 0 Å². The molecule has 1 aromatic carbocycles. The van der Waals surface area contributed by atoms with Crippen molar-refractivity contribution in [3.05, 3.63) is 58.2 Å². The van der Waals surface area contributed by atoms with Gasteiger partial charge in [-0.1, -0.05) is 33.8 Å². The summed E-state index contributed by atoms with van der Waals surface area (Å²) in [5.74, 6) is 0.385. The number of likely N-dealkylation sites (N-methyl/N-ethyl adjacent to an activating group) is 1. The SMILES string of the molecule is CCn1c(-c2cccnc2C(C)C)c(CC(C)(C)COC)c2cc(-c3csc(CC(NC)C(=O)N4CCCCN4)n3)ccc21. The molecule has 0 saturated carbocycles. The Morgan fingerprint density at radius 2 is 2.05 bits per heavy atom. The molecule has 9 heteroatoms. The van der Waals surface area contributed by atoms with Gasteiger partial charge in [-0.25, -0.2) is 10.4 Å². The molecule has 0 radical (unpaired) electrons. The topological polar surface area (TPSA) is 84.3 Å². The van der Waals surface area contributed by atoms with E-state index < -0.39 is 0 Å². The molecule has 1 aliphatic rings. The number of methoxy groups -OCH3 is 1. The molecule has 5 rings (SSSR count). The molecule has 0 aliphatic carbocycles. The summed E-state index contributed by atoms with van der Waals surface area (Å²) < 4.78 is 8.11. The van der Waals surface area contributed by atoms with E-state index in [9.17, 15) is 4.79 Å². The second-order valence-corrected chi connectivity index (χ2v) is 13.9. The molecule has 3 aromatic heterocycles. The number of fused-ring (bicyclic) bond motifs is 1. The van der Waals surface area contributed by atoms with Crippen molar-refractivity contribution < 1.29 is 9.53 Å². The van der Waals surface area contributed by atoms with Crippen molar-refractivity contribution >= 4 is 28.1 Å². The standard InChI is InChI=1S/C35H48N6O2S/c1-8-40-30-14-13-24(29-21-44-31(39-29)19-28(36-6)34(42)41-17-10-9-16-38-41)18-26(30)27(20-35(4,5)22-43-7)33(40)25-12-11-15-37-32(25)23(2)3/h11-15,18,21,23,28,36,38H,8-10,16-17,19-20,22H2,1-7H3. The Morgan fingerprint density at radius 1 is 1.23 bits per heavy atom. The molecule has 8 nitrogen and oxygen atoms in total.